The van der Waals surface area contributed by atoms with E-state index in [4.69, 9.17) is 5.73 Å². The van der Waals surface area contributed by atoms with Gasteiger partial charge in [0.2, 0.25) is 11.8 Å². The lowest BCUT2D eigenvalue weighted by atomic mass is 10.4. The Morgan fingerprint density at radius 3 is 2.67 bits per heavy atom. The third kappa shape index (κ3) is 2.13. The highest BCUT2D eigenvalue weighted by Gasteiger charge is 2.39. The van der Waals surface area contributed by atoms with Gasteiger partial charge in [0, 0.05) is 20.0 Å². The maximum atomic E-state index is 11.9. The molecule has 98 valence electrons. The van der Waals surface area contributed by atoms with E-state index in [0.717, 1.165) is 0 Å². The van der Waals surface area contributed by atoms with Crippen molar-refractivity contribution in [2.75, 3.05) is 6.54 Å². The van der Waals surface area contributed by atoms with Crippen LogP contribution >= 0.6 is 11.8 Å². The fourth-order valence-corrected chi connectivity index (χ4v) is 2.89. The van der Waals surface area contributed by atoms with E-state index in [1.165, 1.54) is 16.7 Å². The molecule has 2 amide bonds. The van der Waals surface area contributed by atoms with Gasteiger partial charge < -0.3 is 10.3 Å². The molecule has 2 rings (SSSR count). The molecule has 1 saturated heterocycles. The number of nitrogens with two attached hydrogens (primary N) is 1. The Kier molecular flexibility index (Phi) is 3.67. The van der Waals surface area contributed by atoms with Crippen LogP contribution in [0.1, 0.15) is 19.2 Å². The van der Waals surface area contributed by atoms with Gasteiger partial charge in [0.1, 0.15) is 11.1 Å². The van der Waals surface area contributed by atoms with Crippen LogP contribution < -0.4 is 5.73 Å². The molecule has 1 fully saturated rings. The second kappa shape index (κ2) is 5.07. The van der Waals surface area contributed by atoms with Crippen molar-refractivity contribution >= 4 is 23.6 Å². The molecule has 18 heavy (non-hydrogen) atoms. The molecule has 2 N–H and O–H groups in total. The van der Waals surface area contributed by atoms with E-state index in [9.17, 15) is 9.59 Å². The van der Waals surface area contributed by atoms with Gasteiger partial charge in [0.15, 0.2) is 5.16 Å². The number of likely N-dealkylation sites (tertiary alicyclic amines) is 1. The average molecular weight is 269 g/mol. The lowest BCUT2D eigenvalue weighted by Crippen LogP contribution is -2.30. The minimum Gasteiger partial charge on any atom is -0.324 e. The van der Waals surface area contributed by atoms with Gasteiger partial charge in [-0.15, -0.1) is 10.2 Å². The summed E-state index contributed by atoms with van der Waals surface area (Å²) < 4.78 is 1.75. The number of hydrogen-bond acceptors (Lipinski definition) is 6. The van der Waals surface area contributed by atoms with Crippen molar-refractivity contribution in [1.82, 2.24) is 19.7 Å². The summed E-state index contributed by atoms with van der Waals surface area (Å²) in [5.74, 6) is 0.382. The van der Waals surface area contributed by atoms with Crippen molar-refractivity contribution < 1.29 is 9.59 Å². The van der Waals surface area contributed by atoms with Gasteiger partial charge in [-0.2, -0.15) is 0 Å². The van der Waals surface area contributed by atoms with Gasteiger partial charge in [-0.1, -0.05) is 11.8 Å². The summed E-state index contributed by atoms with van der Waals surface area (Å²) in [7, 11) is 1.80. The standard InChI is InChI=1S/C10H15N5O2S/c1-3-15-8(16)4-6(9(15)17)18-10-13-12-7(5-11)14(10)2/h6H,3-5,11H2,1-2H3. The summed E-state index contributed by atoms with van der Waals surface area (Å²) in [4.78, 5) is 24.8. The minimum atomic E-state index is -0.397. The number of carbonyl (C=O) groups is 2. The van der Waals surface area contributed by atoms with Crippen LogP contribution in [0.5, 0.6) is 0 Å². The Labute approximate surface area is 109 Å². The highest BCUT2D eigenvalue weighted by molar-refractivity contribution is 8.00. The SMILES string of the molecule is CCN1C(=O)CC(Sc2nnc(CN)n2C)C1=O. The zero-order chi connectivity index (χ0) is 13.3. The summed E-state index contributed by atoms with van der Waals surface area (Å²) in [6.07, 6.45) is 0.224. The molecule has 1 unspecified atom stereocenters. The summed E-state index contributed by atoms with van der Waals surface area (Å²) >= 11 is 1.27. The first-order valence-corrected chi connectivity index (χ1v) is 6.55. The molecule has 1 aromatic heterocycles. The first-order valence-electron chi connectivity index (χ1n) is 5.67. The molecule has 0 saturated carbocycles. The van der Waals surface area contributed by atoms with Crippen LogP contribution in [-0.4, -0.2) is 43.3 Å². The van der Waals surface area contributed by atoms with Gasteiger partial charge >= 0.3 is 0 Å². The van der Waals surface area contributed by atoms with E-state index < -0.39 is 5.25 Å². The van der Waals surface area contributed by atoms with Crippen LogP contribution in [0, 0.1) is 0 Å². The van der Waals surface area contributed by atoms with Crippen LogP contribution in [0.15, 0.2) is 5.16 Å². The molecule has 0 radical (unpaired) electrons. The molecule has 0 aliphatic carbocycles. The van der Waals surface area contributed by atoms with Crippen LogP contribution in [-0.2, 0) is 23.2 Å². The number of hydrogen-bond donors (Lipinski definition) is 1. The first kappa shape index (κ1) is 13.0. The third-order valence-electron chi connectivity index (χ3n) is 2.87. The van der Waals surface area contributed by atoms with Gasteiger partial charge in [-0.25, -0.2) is 0 Å². The first-order chi connectivity index (χ1) is 8.58. The number of amides is 2. The van der Waals surface area contributed by atoms with Crippen LogP contribution in [0.4, 0.5) is 0 Å². The van der Waals surface area contributed by atoms with Crippen LogP contribution in [0.3, 0.4) is 0 Å². The van der Waals surface area contributed by atoms with Crippen LogP contribution in [0.2, 0.25) is 0 Å². The van der Waals surface area contributed by atoms with Crippen molar-refractivity contribution in [3.05, 3.63) is 5.82 Å². The van der Waals surface area contributed by atoms with E-state index in [1.807, 2.05) is 0 Å². The fraction of sp³-hybridized carbons (Fsp3) is 0.600. The van der Waals surface area contributed by atoms with Crippen molar-refractivity contribution in [3.63, 3.8) is 0 Å². The molecule has 2 heterocycles. The predicted octanol–water partition coefficient (Wildman–Crippen LogP) is -0.487. The summed E-state index contributed by atoms with van der Waals surface area (Å²) in [5.41, 5.74) is 5.50. The Bertz CT molecular complexity index is 487. The quantitative estimate of drug-likeness (QED) is 0.741. The molecule has 1 aromatic rings. The van der Waals surface area contributed by atoms with E-state index >= 15 is 0 Å². The third-order valence-corrected chi connectivity index (χ3v) is 4.09. The highest BCUT2D eigenvalue weighted by atomic mass is 32.2. The maximum Gasteiger partial charge on any atom is 0.243 e. The molecular formula is C10H15N5O2S. The molecule has 7 nitrogen and oxygen atoms in total. The van der Waals surface area contributed by atoms with Gasteiger partial charge in [0.05, 0.1) is 6.54 Å². The second-order valence-corrected chi connectivity index (χ2v) is 5.12. The van der Waals surface area contributed by atoms with Crippen molar-refractivity contribution in [2.45, 2.75) is 30.3 Å². The summed E-state index contributed by atoms with van der Waals surface area (Å²) in [6.45, 7) is 2.50. The summed E-state index contributed by atoms with van der Waals surface area (Å²) in [6, 6.07) is 0. The number of rotatable bonds is 4. The van der Waals surface area contributed by atoms with E-state index in [-0.39, 0.29) is 18.2 Å². The van der Waals surface area contributed by atoms with Crippen molar-refractivity contribution in [3.8, 4) is 0 Å². The highest BCUT2D eigenvalue weighted by Crippen LogP contribution is 2.30. The lowest BCUT2D eigenvalue weighted by molar-refractivity contribution is -0.137. The lowest BCUT2D eigenvalue weighted by Gasteiger charge is -2.11. The Hall–Kier alpha value is -1.41. The molecule has 1 atom stereocenters. The zero-order valence-electron chi connectivity index (χ0n) is 10.3. The average Bonchev–Trinajstić information content (AvgIpc) is 2.82. The van der Waals surface area contributed by atoms with Gasteiger partial charge in [-0.05, 0) is 6.92 Å². The van der Waals surface area contributed by atoms with Gasteiger partial charge in [-0.3, -0.25) is 14.5 Å². The van der Waals surface area contributed by atoms with E-state index in [0.29, 0.717) is 24.1 Å². The zero-order valence-corrected chi connectivity index (χ0v) is 11.1. The topological polar surface area (TPSA) is 94.1 Å². The second-order valence-electron chi connectivity index (χ2n) is 3.95. The predicted molar refractivity (Wildman–Crippen MR) is 65.6 cm³/mol. The normalized spacial score (nSPS) is 19.9. The molecule has 1 aliphatic heterocycles. The van der Waals surface area contributed by atoms with E-state index in [1.54, 1.807) is 18.5 Å². The largest absolute Gasteiger partial charge is 0.324 e. The van der Waals surface area contributed by atoms with Crippen LogP contribution in [0.25, 0.3) is 0 Å². The molecular weight excluding hydrogens is 254 g/mol. The molecule has 8 heteroatoms. The minimum absolute atomic E-state index is 0.124. The Morgan fingerprint density at radius 2 is 2.17 bits per heavy atom. The molecule has 0 bridgehead atoms. The van der Waals surface area contributed by atoms with Crippen molar-refractivity contribution in [1.29, 1.82) is 0 Å². The summed E-state index contributed by atoms with van der Waals surface area (Å²) in [5, 5.41) is 8.10. The van der Waals surface area contributed by atoms with E-state index in [2.05, 4.69) is 10.2 Å². The molecule has 1 aliphatic rings. The number of nitrogens with zero attached hydrogens (tertiary/aromatic N) is 4. The number of aromatic nitrogens is 3. The maximum absolute atomic E-state index is 11.9. The number of imide groups is 1. The molecule has 0 aromatic carbocycles. The fourth-order valence-electron chi connectivity index (χ4n) is 1.83. The smallest absolute Gasteiger partial charge is 0.243 e. The Balaban J connectivity index is 2.13. The van der Waals surface area contributed by atoms with Crippen molar-refractivity contribution in [2.24, 2.45) is 12.8 Å². The Morgan fingerprint density at radius 1 is 1.44 bits per heavy atom. The van der Waals surface area contributed by atoms with Gasteiger partial charge in [0.25, 0.3) is 0 Å². The molecule has 0 spiro atoms. The number of carbonyl (C=O) groups excluding carboxylic acids is 2. The monoisotopic (exact) mass is 269 g/mol. The number of thioether (sulfide) groups is 1.